The fraction of sp³-hybridized carbons (Fsp3) is 0.0526. The van der Waals surface area contributed by atoms with Crippen LogP contribution in [0, 0.1) is 0 Å². The van der Waals surface area contributed by atoms with Gasteiger partial charge in [-0.25, -0.2) is 4.98 Å². The lowest BCUT2D eigenvalue weighted by molar-refractivity contribution is 0.282. The van der Waals surface area contributed by atoms with E-state index in [2.05, 4.69) is 9.97 Å². The second kappa shape index (κ2) is 5.79. The van der Waals surface area contributed by atoms with Crippen LogP contribution in [0.5, 0.6) is 5.75 Å². The van der Waals surface area contributed by atoms with Crippen molar-refractivity contribution in [2.45, 2.75) is 6.61 Å². The highest BCUT2D eigenvalue weighted by Crippen LogP contribution is 2.26. The van der Waals surface area contributed by atoms with Crippen LogP contribution < -0.4 is 0 Å². The van der Waals surface area contributed by atoms with Crippen molar-refractivity contribution in [3.05, 3.63) is 72.7 Å². The summed E-state index contributed by atoms with van der Waals surface area (Å²) >= 11 is 0. The minimum Gasteiger partial charge on any atom is -0.508 e. The normalized spacial score (nSPS) is 11.0. The Morgan fingerprint density at radius 1 is 0.917 bits per heavy atom. The fourth-order valence-electron chi connectivity index (χ4n) is 2.70. The largest absolute Gasteiger partial charge is 0.508 e. The van der Waals surface area contributed by atoms with Gasteiger partial charge in [-0.2, -0.15) is 0 Å². The molecule has 0 saturated carbocycles. The minimum atomic E-state index is 0.0237. The number of aromatic nitrogens is 3. The number of hydrogen-bond acceptors (Lipinski definition) is 4. The summed E-state index contributed by atoms with van der Waals surface area (Å²) in [5, 5.41) is 18.9. The summed E-state index contributed by atoms with van der Waals surface area (Å²) in [6, 6.07) is 14.7. The van der Waals surface area contributed by atoms with Gasteiger partial charge in [-0.3, -0.25) is 9.38 Å². The van der Waals surface area contributed by atoms with Crippen LogP contribution in [0.15, 0.2) is 67.1 Å². The van der Waals surface area contributed by atoms with Crippen LogP contribution in [0.2, 0.25) is 0 Å². The molecule has 0 aliphatic carbocycles. The number of aliphatic hydroxyl groups is 1. The molecule has 0 atom stereocenters. The molecule has 0 spiro atoms. The van der Waals surface area contributed by atoms with E-state index in [4.69, 9.17) is 5.11 Å². The van der Waals surface area contributed by atoms with Gasteiger partial charge in [0.05, 0.1) is 30.4 Å². The van der Waals surface area contributed by atoms with Crippen LogP contribution in [0.3, 0.4) is 0 Å². The average Bonchev–Trinajstić information content (AvgIpc) is 3.05. The van der Waals surface area contributed by atoms with E-state index in [9.17, 15) is 5.11 Å². The van der Waals surface area contributed by atoms with Crippen LogP contribution in [-0.2, 0) is 6.61 Å². The molecule has 0 fully saturated rings. The van der Waals surface area contributed by atoms with Crippen LogP contribution in [-0.4, -0.2) is 24.6 Å². The van der Waals surface area contributed by atoms with Crippen molar-refractivity contribution in [2.75, 3.05) is 0 Å². The molecule has 24 heavy (non-hydrogen) atoms. The van der Waals surface area contributed by atoms with E-state index in [1.807, 2.05) is 40.9 Å². The summed E-state index contributed by atoms with van der Waals surface area (Å²) in [5.74, 6) is 0.219. The number of phenols is 1. The molecule has 0 unspecified atom stereocenters. The lowest BCUT2D eigenvalue weighted by Gasteiger charge is -2.06. The molecule has 4 aromatic rings. The van der Waals surface area contributed by atoms with Gasteiger partial charge in [0.25, 0.3) is 0 Å². The van der Waals surface area contributed by atoms with E-state index in [-0.39, 0.29) is 12.4 Å². The Morgan fingerprint density at radius 2 is 1.75 bits per heavy atom. The van der Waals surface area contributed by atoms with E-state index >= 15 is 0 Å². The molecule has 118 valence electrons. The molecule has 0 saturated heterocycles. The first kappa shape index (κ1) is 14.4. The molecular formula is C19H15N3O2. The molecule has 0 bridgehead atoms. The molecule has 2 aromatic heterocycles. The molecule has 0 amide bonds. The molecule has 2 heterocycles. The van der Waals surface area contributed by atoms with E-state index in [1.54, 1.807) is 30.6 Å². The number of rotatable bonds is 3. The maximum absolute atomic E-state index is 9.70. The first-order valence-electron chi connectivity index (χ1n) is 7.57. The number of aliphatic hydroxyl groups excluding tert-OH is 1. The quantitative estimate of drug-likeness (QED) is 0.608. The Balaban J connectivity index is 1.83. The zero-order valence-corrected chi connectivity index (χ0v) is 12.8. The van der Waals surface area contributed by atoms with E-state index in [0.717, 1.165) is 33.7 Å². The van der Waals surface area contributed by atoms with E-state index in [0.29, 0.717) is 0 Å². The standard InChI is InChI=1S/C19H15N3O2/c23-12-13-4-6-14(7-5-13)17-11-22-18(9-21-19(22)10-20-17)15-2-1-3-16(24)8-15/h1-11,23-24H,12H2. The van der Waals surface area contributed by atoms with E-state index in [1.165, 1.54) is 0 Å². The second-order valence-corrected chi connectivity index (χ2v) is 5.55. The number of imidazole rings is 1. The predicted octanol–water partition coefficient (Wildman–Crippen LogP) is 3.26. The molecule has 2 N–H and O–H groups in total. The number of fused-ring (bicyclic) bond motifs is 1. The summed E-state index contributed by atoms with van der Waals surface area (Å²) in [6.07, 6.45) is 5.42. The Morgan fingerprint density at radius 3 is 2.50 bits per heavy atom. The Bertz CT molecular complexity index is 1010. The number of phenolic OH excluding ortho intramolecular Hbond substituents is 1. The molecule has 5 heteroatoms. The average molecular weight is 317 g/mol. The topological polar surface area (TPSA) is 70.7 Å². The summed E-state index contributed by atoms with van der Waals surface area (Å²) in [7, 11) is 0. The molecule has 5 nitrogen and oxygen atoms in total. The van der Waals surface area contributed by atoms with Crippen molar-refractivity contribution in [3.63, 3.8) is 0 Å². The smallest absolute Gasteiger partial charge is 0.155 e. The van der Waals surface area contributed by atoms with Gasteiger partial charge in [-0.15, -0.1) is 0 Å². The lowest BCUT2D eigenvalue weighted by Crippen LogP contribution is -1.93. The van der Waals surface area contributed by atoms with Crippen molar-refractivity contribution >= 4 is 5.65 Å². The van der Waals surface area contributed by atoms with Gasteiger partial charge in [0.1, 0.15) is 5.75 Å². The van der Waals surface area contributed by atoms with Gasteiger partial charge in [-0.05, 0) is 17.7 Å². The summed E-state index contributed by atoms with van der Waals surface area (Å²) in [6.45, 7) is 0.0237. The van der Waals surface area contributed by atoms with Crippen molar-refractivity contribution in [2.24, 2.45) is 0 Å². The predicted molar refractivity (Wildman–Crippen MR) is 91.4 cm³/mol. The van der Waals surface area contributed by atoms with Crippen LogP contribution in [0.25, 0.3) is 28.2 Å². The fourth-order valence-corrected chi connectivity index (χ4v) is 2.70. The van der Waals surface area contributed by atoms with Crippen LogP contribution in [0.4, 0.5) is 0 Å². The Kier molecular flexibility index (Phi) is 3.48. The first-order chi connectivity index (χ1) is 11.7. The summed E-state index contributed by atoms with van der Waals surface area (Å²) in [4.78, 5) is 8.83. The summed E-state index contributed by atoms with van der Waals surface area (Å²) in [5.41, 5.74) is 5.15. The van der Waals surface area contributed by atoms with Crippen LogP contribution >= 0.6 is 0 Å². The third-order valence-corrected chi connectivity index (χ3v) is 3.97. The number of benzene rings is 2. The number of aromatic hydroxyl groups is 1. The highest BCUT2D eigenvalue weighted by Gasteiger charge is 2.09. The maximum atomic E-state index is 9.70. The Hall–Kier alpha value is -3.18. The summed E-state index contributed by atoms with van der Waals surface area (Å²) < 4.78 is 1.96. The zero-order valence-electron chi connectivity index (χ0n) is 12.8. The molecule has 4 rings (SSSR count). The number of hydrogen-bond donors (Lipinski definition) is 2. The third kappa shape index (κ3) is 2.51. The molecule has 0 aliphatic heterocycles. The third-order valence-electron chi connectivity index (χ3n) is 3.97. The zero-order chi connectivity index (χ0) is 16.5. The first-order valence-corrected chi connectivity index (χ1v) is 7.57. The van der Waals surface area contributed by atoms with Crippen molar-refractivity contribution < 1.29 is 10.2 Å². The van der Waals surface area contributed by atoms with Gasteiger partial charge < -0.3 is 10.2 Å². The maximum Gasteiger partial charge on any atom is 0.155 e. The van der Waals surface area contributed by atoms with Crippen molar-refractivity contribution in [1.29, 1.82) is 0 Å². The van der Waals surface area contributed by atoms with Gasteiger partial charge in [-0.1, -0.05) is 36.4 Å². The van der Waals surface area contributed by atoms with Crippen molar-refractivity contribution in [1.82, 2.24) is 14.4 Å². The van der Waals surface area contributed by atoms with Crippen molar-refractivity contribution in [3.8, 4) is 28.3 Å². The minimum absolute atomic E-state index is 0.0237. The molecule has 0 radical (unpaired) electrons. The molecule has 2 aromatic carbocycles. The van der Waals surface area contributed by atoms with Gasteiger partial charge in [0.2, 0.25) is 0 Å². The Labute approximate surface area is 138 Å². The monoisotopic (exact) mass is 317 g/mol. The highest BCUT2D eigenvalue weighted by atomic mass is 16.3. The molecule has 0 aliphatic rings. The van der Waals surface area contributed by atoms with E-state index < -0.39 is 0 Å². The lowest BCUT2D eigenvalue weighted by atomic mass is 10.1. The highest BCUT2D eigenvalue weighted by molar-refractivity contribution is 5.67. The number of nitrogens with zero attached hydrogens (tertiary/aromatic N) is 3. The van der Waals surface area contributed by atoms with Gasteiger partial charge in [0.15, 0.2) is 5.65 Å². The molecular weight excluding hydrogens is 302 g/mol. The SMILES string of the molecule is OCc1ccc(-c2cn3c(-c4cccc(O)c4)cnc3cn2)cc1. The second-order valence-electron chi connectivity index (χ2n) is 5.55. The van der Waals surface area contributed by atoms with Gasteiger partial charge >= 0.3 is 0 Å². The van der Waals surface area contributed by atoms with Crippen LogP contribution in [0.1, 0.15) is 5.56 Å². The van der Waals surface area contributed by atoms with Gasteiger partial charge in [0, 0.05) is 17.3 Å².